The highest BCUT2D eigenvalue weighted by Gasteiger charge is 2.38. The minimum absolute atomic E-state index is 0.201. The van der Waals surface area contributed by atoms with E-state index in [1.807, 2.05) is 13.8 Å². The van der Waals surface area contributed by atoms with Gasteiger partial charge in [0.25, 0.3) is 11.8 Å². The lowest BCUT2D eigenvalue weighted by molar-refractivity contribution is -0.193. The van der Waals surface area contributed by atoms with Crippen LogP contribution in [0.5, 0.6) is 0 Å². The van der Waals surface area contributed by atoms with Gasteiger partial charge in [0.2, 0.25) is 0 Å². The Labute approximate surface area is 140 Å². The molecule has 2 amide bonds. The molecule has 0 aliphatic carbocycles. The molecule has 0 radical (unpaired) electrons. The Kier molecular flexibility index (Phi) is 4.24. The smallest absolute Gasteiger partial charge is 0.338 e. The summed E-state index contributed by atoms with van der Waals surface area (Å²) in [7, 11) is 0. The molecule has 3 rings (SSSR count). The van der Waals surface area contributed by atoms with Gasteiger partial charge in [0.15, 0.2) is 0 Å². The molecule has 126 valence electrons. The number of carbonyl (C=O) groups is 3. The molecule has 0 bridgehead atoms. The zero-order valence-corrected chi connectivity index (χ0v) is 13.7. The number of rotatable bonds is 5. The molecular formula is C18H19NO5. The maximum absolute atomic E-state index is 12.0. The first-order valence-corrected chi connectivity index (χ1v) is 7.89. The van der Waals surface area contributed by atoms with Crippen LogP contribution >= 0.6 is 0 Å². The molecule has 0 spiro atoms. The summed E-state index contributed by atoms with van der Waals surface area (Å²) in [6, 6.07) is 6.19. The van der Waals surface area contributed by atoms with Crippen LogP contribution in [-0.2, 0) is 19.1 Å². The molecule has 2 unspecified atom stereocenters. The molecule has 0 aromatic heterocycles. The van der Waals surface area contributed by atoms with Crippen molar-refractivity contribution < 1.29 is 23.9 Å². The van der Waals surface area contributed by atoms with Gasteiger partial charge in [-0.3, -0.25) is 9.59 Å². The van der Waals surface area contributed by atoms with Crippen LogP contribution in [0.1, 0.15) is 37.0 Å². The van der Waals surface area contributed by atoms with Crippen LogP contribution < -0.4 is 4.90 Å². The van der Waals surface area contributed by atoms with E-state index < -0.39 is 17.8 Å². The van der Waals surface area contributed by atoms with Crippen molar-refractivity contribution >= 4 is 23.5 Å². The van der Waals surface area contributed by atoms with Crippen molar-refractivity contribution in [2.24, 2.45) is 0 Å². The molecule has 6 heteroatoms. The molecule has 24 heavy (non-hydrogen) atoms. The fourth-order valence-electron chi connectivity index (χ4n) is 3.09. The van der Waals surface area contributed by atoms with Crippen LogP contribution in [0.15, 0.2) is 36.4 Å². The molecule has 1 aromatic rings. The van der Waals surface area contributed by atoms with Crippen LogP contribution in [0, 0.1) is 0 Å². The van der Waals surface area contributed by atoms with Crippen LogP contribution in [0.25, 0.3) is 0 Å². The number of carbonyl (C=O) groups excluding carboxylic acids is 3. The van der Waals surface area contributed by atoms with Crippen molar-refractivity contribution in [3.63, 3.8) is 0 Å². The summed E-state index contributed by atoms with van der Waals surface area (Å²) in [5.74, 6) is -1.22. The van der Waals surface area contributed by atoms with E-state index in [0.29, 0.717) is 17.7 Å². The molecule has 2 heterocycles. The minimum atomic E-state index is -0.435. The van der Waals surface area contributed by atoms with E-state index in [0.717, 1.165) is 11.3 Å². The van der Waals surface area contributed by atoms with Crippen molar-refractivity contribution in [1.29, 1.82) is 0 Å². The molecule has 2 aliphatic rings. The van der Waals surface area contributed by atoms with Gasteiger partial charge in [-0.05, 0) is 38.1 Å². The fraction of sp³-hybridized carbons (Fsp3) is 0.389. The zero-order chi connectivity index (χ0) is 17.3. The highest BCUT2D eigenvalue weighted by Crippen LogP contribution is 2.34. The number of hydrogen-bond donors (Lipinski definition) is 0. The SMILES string of the molecule is CC1CC(C)(CCOC(=O)c2ccc(N3C(=O)C=CC3=O)cc2)O1. The van der Waals surface area contributed by atoms with Gasteiger partial charge in [0, 0.05) is 25.0 Å². The van der Waals surface area contributed by atoms with Crippen molar-refractivity contribution in [2.45, 2.75) is 38.4 Å². The van der Waals surface area contributed by atoms with Gasteiger partial charge in [-0.15, -0.1) is 0 Å². The first-order chi connectivity index (χ1) is 11.4. The number of imide groups is 1. The third kappa shape index (κ3) is 3.23. The van der Waals surface area contributed by atoms with E-state index in [1.165, 1.54) is 12.2 Å². The van der Waals surface area contributed by atoms with Gasteiger partial charge in [0.05, 0.1) is 29.6 Å². The first kappa shape index (κ1) is 16.4. The van der Waals surface area contributed by atoms with E-state index in [2.05, 4.69) is 0 Å². The van der Waals surface area contributed by atoms with E-state index in [4.69, 9.17) is 9.47 Å². The lowest BCUT2D eigenvalue weighted by Gasteiger charge is -2.44. The highest BCUT2D eigenvalue weighted by molar-refractivity contribution is 6.28. The normalized spacial score (nSPS) is 25.8. The van der Waals surface area contributed by atoms with Crippen molar-refractivity contribution in [3.05, 3.63) is 42.0 Å². The summed E-state index contributed by atoms with van der Waals surface area (Å²) in [6.45, 7) is 4.31. The molecule has 2 aliphatic heterocycles. The van der Waals surface area contributed by atoms with Crippen LogP contribution in [0.4, 0.5) is 5.69 Å². The zero-order valence-electron chi connectivity index (χ0n) is 13.7. The maximum atomic E-state index is 12.0. The summed E-state index contributed by atoms with van der Waals surface area (Å²) in [5, 5.41) is 0. The van der Waals surface area contributed by atoms with E-state index >= 15 is 0 Å². The molecule has 1 aromatic carbocycles. The average Bonchev–Trinajstić information content (AvgIpc) is 2.85. The molecule has 6 nitrogen and oxygen atoms in total. The van der Waals surface area contributed by atoms with Crippen molar-refractivity contribution in [1.82, 2.24) is 0 Å². The molecule has 0 saturated carbocycles. The molecule has 1 fully saturated rings. The Balaban J connectivity index is 1.54. The Bertz CT molecular complexity index is 683. The van der Waals surface area contributed by atoms with Crippen molar-refractivity contribution in [2.75, 3.05) is 11.5 Å². The number of benzene rings is 1. The second-order valence-corrected chi connectivity index (χ2v) is 6.36. The Morgan fingerprint density at radius 1 is 1.25 bits per heavy atom. The quantitative estimate of drug-likeness (QED) is 0.612. The van der Waals surface area contributed by atoms with E-state index in [9.17, 15) is 14.4 Å². The Morgan fingerprint density at radius 2 is 1.83 bits per heavy atom. The number of esters is 1. The van der Waals surface area contributed by atoms with Gasteiger partial charge >= 0.3 is 5.97 Å². The third-order valence-corrected chi connectivity index (χ3v) is 4.24. The first-order valence-electron chi connectivity index (χ1n) is 7.89. The number of hydrogen-bond acceptors (Lipinski definition) is 5. The molecular weight excluding hydrogens is 310 g/mol. The maximum Gasteiger partial charge on any atom is 0.338 e. The average molecular weight is 329 g/mol. The Morgan fingerprint density at radius 3 is 2.38 bits per heavy atom. The van der Waals surface area contributed by atoms with Crippen LogP contribution in [-0.4, -0.2) is 36.1 Å². The predicted octanol–water partition coefficient (Wildman–Crippen LogP) is 2.23. The lowest BCUT2D eigenvalue weighted by atomic mass is 9.89. The van der Waals surface area contributed by atoms with Crippen LogP contribution in [0.2, 0.25) is 0 Å². The number of amides is 2. The van der Waals surface area contributed by atoms with Gasteiger partial charge in [-0.25, -0.2) is 9.69 Å². The monoisotopic (exact) mass is 329 g/mol. The highest BCUT2D eigenvalue weighted by atomic mass is 16.5. The summed E-state index contributed by atoms with van der Waals surface area (Å²) in [6.07, 6.45) is 4.32. The molecule has 0 N–H and O–H groups in total. The third-order valence-electron chi connectivity index (χ3n) is 4.24. The van der Waals surface area contributed by atoms with Gasteiger partial charge in [0.1, 0.15) is 0 Å². The Hall–Kier alpha value is -2.47. The summed E-state index contributed by atoms with van der Waals surface area (Å²) in [5.41, 5.74) is 0.599. The molecule has 2 atom stereocenters. The second kappa shape index (κ2) is 6.20. The standard InChI is InChI=1S/C18H19NO5/c1-12-11-18(2,24-12)9-10-23-17(22)13-3-5-14(6-4-13)19-15(20)7-8-16(19)21/h3-8,12H,9-11H2,1-2H3. The summed E-state index contributed by atoms with van der Waals surface area (Å²) in [4.78, 5) is 36.3. The van der Waals surface area contributed by atoms with Crippen molar-refractivity contribution in [3.8, 4) is 0 Å². The van der Waals surface area contributed by atoms with E-state index in [-0.39, 0.29) is 18.3 Å². The lowest BCUT2D eigenvalue weighted by Crippen LogP contribution is -2.47. The minimum Gasteiger partial charge on any atom is -0.462 e. The number of anilines is 1. The largest absolute Gasteiger partial charge is 0.462 e. The second-order valence-electron chi connectivity index (χ2n) is 6.36. The summed E-state index contributed by atoms with van der Waals surface area (Å²) < 4.78 is 10.9. The number of nitrogens with zero attached hydrogens (tertiary/aromatic N) is 1. The molecule has 1 saturated heterocycles. The number of ether oxygens (including phenoxy) is 2. The van der Waals surface area contributed by atoms with Gasteiger partial charge in [-0.2, -0.15) is 0 Å². The van der Waals surface area contributed by atoms with Gasteiger partial charge < -0.3 is 9.47 Å². The van der Waals surface area contributed by atoms with E-state index in [1.54, 1.807) is 24.3 Å². The van der Waals surface area contributed by atoms with Crippen LogP contribution in [0.3, 0.4) is 0 Å². The fourth-order valence-corrected chi connectivity index (χ4v) is 3.09. The van der Waals surface area contributed by atoms with Gasteiger partial charge in [-0.1, -0.05) is 0 Å². The predicted molar refractivity (Wildman–Crippen MR) is 86.5 cm³/mol. The summed E-state index contributed by atoms with van der Waals surface area (Å²) >= 11 is 0. The topological polar surface area (TPSA) is 72.9 Å².